The molecule has 1 aromatic carbocycles. The van der Waals surface area contributed by atoms with Crippen LogP contribution in [-0.2, 0) is 12.8 Å². The largest absolute Gasteiger partial charge is 0.495 e. The predicted molar refractivity (Wildman–Crippen MR) is 76.7 cm³/mol. The molecule has 1 N–H and O–H groups in total. The van der Waals surface area contributed by atoms with Gasteiger partial charge in [-0.25, -0.2) is 0 Å². The lowest BCUT2D eigenvalue weighted by molar-refractivity contribution is 0.381. The molecule has 1 fully saturated rings. The van der Waals surface area contributed by atoms with Crippen LogP contribution >= 0.6 is 11.6 Å². The SMILES string of the molecule is CCc1cc(Cl)c(OC)c(CC2CCCCN2)c1. The molecule has 1 atom stereocenters. The van der Waals surface area contributed by atoms with Gasteiger partial charge in [-0.3, -0.25) is 0 Å². The third kappa shape index (κ3) is 3.18. The van der Waals surface area contributed by atoms with E-state index in [2.05, 4.69) is 18.3 Å². The van der Waals surface area contributed by atoms with Crippen LogP contribution in [0.25, 0.3) is 0 Å². The van der Waals surface area contributed by atoms with Gasteiger partial charge in [0.25, 0.3) is 0 Å². The number of hydrogen-bond acceptors (Lipinski definition) is 2. The number of hydrogen-bond donors (Lipinski definition) is 1. The maximum absolute atomic E-state index is 6.29. The molecule has 0 aromatic heterocycles. The first kappa shape index (κ1) is 13.7. The van der Waals surface area contributed by atoms with E-state index in [1.54, 1.807) is 7.11 Å². The Labute approximate surface area is 115 Å². The van der Waals surface area contributed by atoms with E-state index in [4.69, 9.17) is 16.3 Å². The van der Waals surface area contributed by atoms with Crippen LogP contribution in [0.4, 0.5) is 0 Å². The van der Waals surface area contributed by atoms with Crippen LogP contribution in [0, 0.1) is 0 Å². The number of rotatable bonds is 4. The number of ether oxygens (including phenoxy) is 1. The number of halogens is 1. The lowest BCUT2D eigenvalue weighted by Crippen LogP contribution is -2.35. The van der Waals surface area contributed by atoms with Gasteiger partial charge < -0.3 is 10.1 Å². The van der Waals surface area contributed by atoms with Gasteiger partial charge in [-0.2, -0.15) is 0 Å². The molecule has 18 heavy (non-hydrogen) atoms. The number of methoxy groups -OCH3 is 1. The van der Waals surface area contributed by atoms with E-state index in [0.29, 0.717) is 6.04 Å². The molecular formula is C15H22ClNO. The molecule has 1 aliphatic heterocycles. The Balaban J connectivity index is 2.20. The summed E-state index contributed by atoms with van der Waals surface area (Å²) in [6.07, 6.45) is 5.88. The highest BCUT2D eigenvalue weighted by Crippen LogP contribution is 2.32. The average molecular weight is 268 g/mol. The summed E-state index contributed by atoms with van der Waals surface area (Å²) in [5, 5.41) is 4.32. The maximum atomic E-state index is 6.29. The summed E-state index contributed by atoms with van der Waals surface area (Å²) in [4.78, 5) is 0. The predicted octanol–water partition coefficient (Wildman–Crippen LogP) is 3.60. The second kappa shape index (κ2) is 6.44. The highest BCUT2D eigenvalue weighted by molar-refractivity contribution is 6.32. The molecule has 2 rings (SSSR count). The Bertz CT molecular complexity index is 400. The molecule has 1 aromatic rings. The Morgan fingerprint density at radius 1 is 1.39 bits per heavy atom. The standard InChI is InChI=1S/C15H22ClNO/c1-3-11-8-12(15(18-2)14(16)9-11)10-13-6-4-5-7-17-13/h8-9,13,17H,3-7,10H2,1-2H3. The second-order valence-corrected chi connectivity index (χ2v) is 5.38. The van der Waals surface area contributed by atoms with E-state index in [1.807, 2.05) is 6.07 Å². The lowest BCUT2D eigenvalue weighted by atomic mass is 9.96. The summed E-state index contributed by atoms with van der Waals surface area (Å²) in [5.74, 6) is 0.848. The Morgan fingerprint density at radius 3 is 2.83 bits per heavy atom. The van der Waals surface area contributed by atoms with Gasteiger partial charge in [-0.05, 0) is 49.4 Å². The van der Waals surface area contributed by atoms with Gasteiger partial charge >= 0.3 is 0 Å². The van der Waals surface area contributed by atoms with E-state index < -0.39 is 0 Å². The van der Waals surface area contributed by atoms with Gasteiger partial charge in [-0.1, -0.05) is 31.0 Å². The fourth-order valence-corrected chi connectivity index (χ4v) is 3.00. The van der Waals surface area contributed by atoms with Crippen molar-refractivity contribution >= 4 is 11.6 Å². The number of piperidine rings is 1. The number of nitrogens with one attached hydrogen (secondary N) is 1. The fourth-order valence-electron chi connectivity index (χ4n) is 2.66. The first-order chi connectivity index (χ1) is 8.74. The zero-order valence-corrected chi connectivity index (χ0v) is 12.0. The van der Waals surface area contributed by atoms with Crippen LogP contribution in [0.15, 0.2) is 12.1 Å². The van der Waals surface area contributed by atoms with Gasteiger partial charge in [-0.15, -0.1) is 0 Å². The molecular weight excluding hydrogens is 246 g/mol. The van der Waals surface area contributed by atoms with Crippen molar-refractivity contribution in [3.63, 3.8) is 0 Å². The van der Waals surface area contributed by atoms with Gasteiger partial charge in [0.05, 0.1) is 12.1 Å². The third-order valence-corrected chi connectivity index (χ3v) is 3.95. The normalized spacial score (nSPS) is 19.8. The zero-order chi connectivity index (χ0) is 13.0. The van der Waals surface area contributed by atoms with E-state index >= 15 is 0 Å². The van der Waals surface area contributed by atoms with E-state index in [1.165, 1.54) is 30.4 Å². The maximum Gasteiger partial charge on any atom is 0.140 e. The molecule has 0 aliphatic carbocycles. The first-order valence-electron chi connectivity index (χ1n) is 6.83. The zero-order valence-electron chi connectivity index (χ0n) is 11.3. The number of aryl methyl sites for hydroxylation is 1. The van der Waals surface area contributed by atoms with Crippen LogP contribution in [0.5, 0.6) is 5.75 Å². The van der Waals surface area contributed by atoms with Gasteiger partial charge in [0.1, 0.15) is 5.75 Å². The summed E-state index contributed by atoms with van der Waals surface area (Å²) in [6.45, 7) is 3.29. The Kier molecular flexibility index (Phi) is 4.90. The minimum absolute atomic E-state index is 0.566. The highest BCUT2D eigenvalue weighted by Gasteiger charge is 2.17. The third-order valence-electron chi connectivity index (χ3n) is 3.67. The molecule has 0 amide bonds. The molecule has 1 heterocycles. The molecule has 1 saturated heterocycles. The van der Waals surface area contributed by atoms with Crippen molar-refractivity contribution in [1.82, 2.24) is 5.32 Å². The number of benzene rings is 1. The summed E-state index contributed by atoms with van der Waals surface area (Å²) in [6, 6.07) is 4.81. The van der Waals surface area contributed by atoms with Gasteiger partial charge in [0, 0.05) is 6.04 Å². The van der Waals surface area contributed by atoms with E-state index in [-0.39, 0.29) is 0 Å². The lowest BCUT2D eigenvalue weighted by Gasteiger charge is -2.24. The summed E-state index contributed by atoms with van der Waals surface area (Å²) in [7, 11) is 1.70. The van der Waals surface area contributed by atoms with Crippen LogP contribution in [0.2, 0.25) is 5.02 Å². The van der Waals surface area contributed by atoms with E-state index in [0.717, 1.165) is 30.2 Å². The Morgan fingerprint density at radius 2 is 2.22 bits per heavy atom. The van der Waals surface area contributed by atoms with E-state index in [9.17, 15) is 0 Å². The molecule has 0 bridgehead atoms. The van der Waals surface area contributed by atoms with Crippen LogP contribution in [0.3, 0.4) is 0 Å². The fraction of sp³-hybridized carbons (Fsp3) is 0.600. The molecule has 0 saturated carbocycles. The summed E-state index contributed by atoms with van der Waals surface area (Å²) < 4.78 is 5.46. The molecule has 0 spiro atoms. The minimum Gasteiger partial charge on any atom is -0.495 e. The summed E-state index contributed by atoms with van der Waals surface area (Å²) in [5.41, 5.74) is 2.52. The highest BCUT2D eigenvalue weighted by atomic mass is 35.5. The second-order valence-electron chi connectivity index (χ2n) is 4.97. The van der Waals surface area contributed by atoms with Crippen LogP contribution in [-0.4, -0.2) is 19.7 Å². The van der Waals surface area contributed by atoms with Crippen molar-refractivity contribution in [3.8, 4) is 5.75 Å². The van der Waals surface area contributed by atoms with Gasteiger partial charge in [0.15, 0.2) is 0 Å². The van der Waals surface area contributed by atoms with Crippen molar-refractivity contribution in [2.45, 2.75) is 45.1 Å². The molecule has 100 valence electrons. The van der Waals surface area contributed by atoms with Crippen LogP contribution in [0.1, 0.15) is 37.3 Å². The van der Waals surface area contributed by atoms with Crippen molar-refractivity contribution in [1.29, 1.82) is 0 Å². The smallest absolute Gasteiger partial charge is 0.140 e. The summed E-state index contributed by atoms with van der Waals surface area (Å²) >= 11 is 6.29. The topological polar surface area (TPSA) is 21.3 Å². The first-order valence-corrected chi connectivity index (χ1v) is 7.21. The quantitative estimate of drug-likeness (QED) is 0.900. The van der Waals surface area contributed by atoms with Crippen molar-refractivity contribution in [3.05, 3.63) is 28.3 Å². The van der Waals surface area contributed by atoms with Gasteiger partial charge in [0.2, 0.25) is 0 Å². The Hall–Kier alpha value is -0.730. The van der Waals surface area contributed by atoms with Crippen molar-refractivity contribution in [2.24, 2.45) is 0 Å². The molecule has 0 radical (unpaired) electrons. The van der Waals surface area contributed by atoms with Crippen molar-refractivity contribution in [2.75, 3.05) is 13.7 Å². The monoisotopic (exact) mass is 267 g/mol. The molecule has 1 aliphatic rings. The van der Waals surface area contributed by atoms with Crippen molar-refractivity contribution < 1.29 is 4.74 Å². The minimum atomic E-state index is 0.566. The molecule has 3 heteroatoms. The van der Waals surface area contributed by atoms with Crippen LogP contribution < -0.4 is 10.1 Å². The molecule has 1 unspecified atom stereocenters. The average Bonchev–Trinajstić information content (AvgIpc) is 2.39. The molecule has 2 nitrogen and oxygen atoms in total.